The zero-order valence-electron chi connectivity index (χ0n) is 9.36. The van der Waals surface area contributed by atoms with Crippen molar-refractivity contribution in [2.24, 2.45) is 16.7 Å². The Kier molecular flexibility index (Phi) is 2.46. The fourth-order valence-corrected chi connectivity index (χ4v) is 5.56. The minimum atomic E-state index is -3.49. The van der Waals surface area contributed by atoms with Crippen molar-refractivity contribution in [3.8, 4) is 0 Å². The lowest BCUT2D eigenvalue weighted by Gasteiger charge is -2.37. The van der Waals surface area contributed by atoms with Crippen LogP contribution in [0.1, 0.15) is 40.0 Å². The van der Waals surface area contributed by atoms with Crippen molar-refractivity contribution < 1.29 is 12.0 Å². The fourth-order valence-electron chi connectivity index (χ4n) is 3.62. The number of fused-ring (bicyclic) bond motifs is 2. The highest BCUT2D eigenvalue weighted by Gasteiger charge is 2.65. The number of hydrogen-bond donors (Lipinski definition) is 1. The van der Waals surface area contributed by atoms with Crippen molar-refractivity contribution in [1.29, 1.82) is 0 Å². The van der Waals surface area contributed by atoms with Crippen molar-refractivity contribution in [3.63, 3.8) is 0 Å². The van der Waals surface area contributed by atoms with E-state index in [1.54, 1.807) is 0 Å². The average molecular weight is 250 g/mol. The number of hydrogen-bond acceptors (Lipinski definition) is 4. The van der Waals surface area contributed by atoms with Crippen molar-refractivity contribution in [1.82, 2.24) is 0 Å². The second-order valence-electron chi connectivity index (χ2n) is 5.67. The molecule has 3 atom stereocenters. The van der Waals surface area contributed by atoms with Gasteiger partial charge in [-0.3, -0.25) is 0 Å². The Hall–Kier alpha value is 0.260. The summed E-state index contributed by atoms with van der Waals surface area (Å²) in [6.45, 7) is 6.44. The highest BCUT2D eigenvalue weighted by molar-refractivity contribution is 7.96. The highest BCUT2D eigenvalue weighted by atomic mass is 32.3. The van der Waals surface area contributed by atoms with Crippen LogP contribution in [0.3, 0.4) is 0 Å². The van der Waals surface area contributed by atoms with E-state index in [4.69, 9.17) is 0 Å². The lowest BCUT2D eigenvalue weighted by Crippen LogP contribution is -2.40. The molecule has 5 heteroatoms. The maximum Gasteiger partial charge on any atom is 0.281 e. The van der Waals surface area contributed by atoms with Crippen LogP contribution in [0, 0.1) is 16.7 Å². The Morgan fingerprint density at radius 3 is 2.27 bits per heavy atom. The molecule has 0 heterocycles. The topological polar surface area (TPSA) is 43.4 Å². The number of rotatable bonds is 2. The van der Waals surface area contributed by atoms with Gasteiger partial charge in [0.05, 0.1) is 5.25 Å². The van der Waals surface area contributed by atoms with E-state index in [-0.39, 0.29) is 16.1 Å². The standard InChI is InChI=1S/C10H18O3S2/c1-9(2)7-4-5-10(9,3)8(6-7)15(11,12)13-14/h7-8,14H,4-6H2,1-3H3. The highest BCUT2D eigenvalue weighted by Crippen LogP contribution is 2.67. The smallest absolute Gasteiger partial charge is 0.201 e. The SMILES string of the molecule is CC1(C)C2CCC1(C)C(S(=O)(=O)OS)C2. The van der Waals surface area contributed by atoms with Gasteiger partial charge in [0.15, 0.2) is 0 Å². The molecular weight excluding hydrogens is 232 g/mol. The summed E-state index contributed by atoms with van der Waals surface area (Å²) in [6.07, 6.45) is 2.85. The molecule has 2 saturated carbocycles. The summed E-state index contributed by atoms with van der Waals surface area (Å²) in [6, 6.07) is 0. The zero-order valence-corrected chi connectivity index (χ0v) is 11.1. The summed E-state index contributed by atoms with van der Waals surface area (Å²) in [7, 11) is -3.49. The van der Waals surface area contributed by atoms with E-state index in [0.29, 0.717) is 5.92 Å². The van der Waals surface area contributed by atoms with Crippen LogP contribution in [0.4, 0.5) is 0 Å². The molecule has 0 radical (unpaired) electrons. The summed E-state index contributed by atoms with van der Waals surface area (Å²) >= 11 is 3.48. The van der Waals surface area contributed by atoms with Gasteiger partial charge in [0.25, 0.3) is 10.1 Å². The summed E-state index contributed by atoms with van der Waals surface area (Å²) in [4.78, 5) is 0. The average Bonchev–Trinajstić information content (AvgIpc) is 2.49. The normalized spacial score (nSPS) is 43.5. The first kappa shape index (κ1) is 11.7. The molecule has 0 aromatic carbocycles. The van der Waals surface area contributed by atoms with Gasteiger partial charge in [0.1, 0.15) is 0 Å². The third-order valence-corrected chi connectivity index (χ3v) is 7.41. The molecule has 0 N–H and O–H groups in total. The molecule has 3 unspecified atom stereocenters. The third kappa shape index (κ3) is 1.32. The minimum absolute atomic E-state index is 0.0943. The Labute approximate surface area is 97.3 Å². The molecule has 2 aliphatic carbocycles. The molecule has 2 rings (SSSR count). The van der Waals surface area contributed by atoms with Gasteiger partial charge in [-0.15, -0.1) is 0 Å². The van der Waals surface area contributed by atoms with Crippen LogP contribution in [0.25, 0.3) is 0 Å². The van der Waals surface area contributed by atoms with Crippen LogP contribution in [-0.4, -0.2) is 13.7 Å². The zero-order chi connectivity index (χ0) is 11.5. The van der Waals surface area contributed by atoms with Gasteiger partial charge in [-0.05, 0) is 48.9 Å². The van der Waals surface area contributed by atoms with Crippen molar-refractivity contribution in [2.45, 2.75) is 45.3 Å². The monoisotopic (exact) mass is 250 g/mol. The Morgan fingerprint density at radius 2 is 1.93 bits per heavy atom. The first-order chi connectivity index (χ1) is 6.75. The molecule has 0 aromatic heterocycles. The van der Waals surface area contributed by atoms with Crippen LogP contribution in [0.15, 0.2) is 0 Å². The molecule has 0 aromatic rings. The van der Waals surface area contributed by atoms with Gasteiger partial charge < -0.3 is 0 Å². The molecular formula is C10H18O3S2. The molecule has 0 spiro atoms. The molecule has 15 heavy (non-hydrogen) atoms. The van der Waals surface area contributed by atoms with Crippen LogP contribution in [0.5, 0.6) is 0 Å². The van der Waals surface area contributed by atoms with E-state index in [2.05, 4.69) is 37.3 Å². The van der Waals surface area contributed by atoms with Gasteiger partial charge in [-0.2, -0.15) is 8.42 Å². The third-order valence-electron chi connectivity index (χ3n) is 5.17. The van der Waals surface area contributed by atoms with Crippen molar-refractivity contribution >= 4 is 23.0 Å². The van der Waals surface area contributed by atoms with E-state index in [1.165, 1.54) is 0 Å². The molecule has 0 amide bonds. The first-order valence-corrected chi connectivity index (χ1v) is 7.16. The van der Waals surface area contributed by atoms with Gasteiger partial charge >= 0.3 is 0 Å². The van der Waals surface area contributed by atoms with E-state index < -0.39 is 10.1 Å². The Bertz CT molecular complexity index is 374. The Morgan fingerprint density at radius 1 is 1.33 bits per heavy atom. The fraction of sp³-hybridized carbons (Fsp3) is 1.00. The first-order valence-electron chi connectivity index (χ1n) is 5.32. The van der Waals surface area contributed by atoms with Gasteiger partial charge in [0, 0.05) is 0 Å². The van der Waals surface area contributed by atoms with Crippen LogP contribution in [0.2, 0.25) is 0 Å². The summed E-state index contributed by atoms with van der Waals surface area (Å²) in [5, 5.41) is -0.378. The van der Waals surface area contributed by atoms with Crippen LogP contribution in [-0.2, 0) is 13.7 Å². The second kappa shape index (κ2) is 3.14. The Balaban J connectivity index is 2.43. The summed E-state index contributed by atoms with van der Waals surface area (Å²) < 4.78 is 28.0. The maximum absolute atomic E-state index is 11.8. The lowest BCUT2D eigenvalue weighted by molar-refractivity contribution is 0.152. The van der Waals surface area contributed by atoms with Crippen LogP contribution < -0.4 is 0 Å². The van der Waals surface area contributed by atoms with Gasteiger partial charge in [-0.25, -0.2) is 3.63 Å². The molecule has 2 aliphatic rings. The minimum Gasteiger partial charge on any atom is -0.201 e. The van der Waals surface area contributed by atoms with E-state index in [1.807, 2.05) is 0 Å². The van der Waals surface area contributed by atoms with Crippen LogP contribution >= 0.6 is 12.9 Å². The van der Waals surface area contributed by atoms with E-state index in [9.17, 15) is 8.42 Å². The van der Waals surface area contributed by atoms with Gasteiger partial charge in [0.2, 0.25) is 0 Å². The van der Waals surface area contributed by atoms with E-state index >= 15 is 0 Å². The van der Waals surface area contributed by atoms with Crippen molar-refractivity contribution in [2.75, 3.05) is 0 Å². The van der Waals surface area contributed by atoms with E-state index in [0.717, 1.165) is 19.3 Å². The summed E-state index contributed by atoms with van der Waals surface area (Å²) in [5.74, 6) is 0.505. The quantitative estimate of drug-likeness (QED) is 0.604. The maximum atomic E-state index is 11.8. The number of thiol groups is 1. The molecule has 88 valence electrons. The molecule has 0 aliphatic heterocycles. The van der Waals surface area contributed by atoms with Crippen molar-refractivity contribution in [3.05, 3.63) is 0 Å². The molecule has 0 saturated heterocycles. The lowest BCUT2D eigenvalue weighted by atomic mass is 9.71. The molecule has 3 nitrogen and oxygen atoms in total. The second-order valence-corrected chi connectivity index (χ2v) is 7.82. The van der Waals surface area contributed by atoms with Gasteiger partial charge in [-0.1, -0.05) is 20.8 Å². The molecule has 2 fully saturated rings. The molecule has 2 bridgehead atoms. The summed E-state index contributed by atoms with van der Waals surface area (Å²) in [5.41, 5.74) is -0.0593. The predicted molar refractivity (Wildman–Crippen MR) is 62.0 cm³/mol. The largest absolute Gasteiger partial charge is 0.281 e. The predicted octanol–water partition coefficient (Wildman–Crippen LogP) is 2.39.